The van der Waals surface area contributed by atoms with Crippen molar-refractivity contribution in [2.75, 3.05) is 11.4 Å². The van der Waals surface area contributed by atoms with Gasteiger partial charge in [0.2, 0.25) is 0 Å². The van der Waals surface area contributed by atoms with Crippen LogP contribution in [0.5, 0.6) is 0 Å². The highest BCUT2D eigenvalue weighted by molar-refractivity contribution is 6.21. The summed E-state index contributed by atoms with van der Waals surface area (Å²) in [5.74, 6) is 0.0479. The van der Waals surface area contributed by atoms with Gasteiger partial charge in [0.1, 0.15) is 0 Å². The first-order chi connectivity index (χ1) is 25.4. The standard InChI is InChI=1S/C51H45N/c1-7-18-41-39(33(2)3)28-29-47-49(41)36(6)40-23-12-11-19-37(40)22-17-30-52(47)48-32-34(4)46(31-35(48)5)51-44-26-15-13-24-42(44)50(38-20-9-8-10-21-38)43-25-14-16-27-45(43)51/h7-29,31-32,47,49H,2,6,30H2,1,3-5H3. The van der Waals surface area contributed by atoms with Crippen LogP contribution in [0.3, 0.4) is 0 Å². The van der Waals surface area contributed by atoms with Crippen LogP contribution in [0.2, 0.25) is 0 Å². The van der Waals surface area contributed by atoms with Crippen molar-refractivity contribution >= 4 is 38.9 Å². The Hall–Kier alpha value is -5.92. The fourth-order valence-electron chi connectivity index (χ4n) is 8.68. The SMILES string of the molecule is C=C(C)C1=C(C=CC)C2C(=C)c3ccccc3C=CCN(c3cc(C)c(-c4c5ccccc5c(-c5ccccc5)c5ccccc45)cc3C)C2C=C1. The number of hydrogen-bond acceptors (Lipinski definition) is 1. The van der Waals surface area contributed by atoms with Crippen molar-refractivity contribution in [1.82, 2.24) is 0 Å². The van der Waals surface area contributed by atoms with E-state index in [1.807, 2.05) is 0 Å². The minimum absolute atomic E-state index is 0.0479. The molecule has 8 rings (SSSR count). The zero-order valence-electron chi connectivity index (χ0n) is 30.7. The van der Waals surface area contributed by atoms with Gasteiger partial charge in [0.05, 0.1) is 6.04 Å². The summed E-state index contributed by atoms with van der Waals surface area (Å²) in [7, 11) is 0. The van der Waals surface area contributed by atoms with Crippen molar-refractivity contribution in [3.05, 3.63) is 198 Å². The van der Waals surface area contributed by atoms with Crippen LogP contribution in [-0.4, -0.2) is 12.6 Å². The molecule has 0 saturated carbocycles. The molecule has 0 saturated heterocycles. The van der Waals surface area contributed by atoms with Crippen LogP contribution in [0.15, 0.2) is 176 Å². The molecule has 2 aliphatic rings. The molecule has 254 valence electrons. The first-order valence-corrected chi connectivity index (χ1v) is 18.4. The number of nitrogens with zero attached hydrogens (tertiary/aromatic N) is 1. The highest BCUT2D eigenvalue weighted by Crippen LogP contribution is 2.47. The molecule has 1 nitrogen and oxygen atoms in total. The fourth-order valence-corrected chi connectivity index (χ4v) is 8.68. The number of hydrogen-bond donors (Lipinski definition) is 0. The molecule has 0 bridgehead atoms. The fraction of sp³-hybridized carbons (Fsp3) is 0.137. The minimum atomic E-state index is 0.0479. The van der Waals surface area contributed by atoms with Gasteiger partial charge in [-0.1, -0.05) is 158 Å². The van der Waals surface area contributed by atoms with E-state index >= 15 is 0 Å². The summed E-state index contributed by atoms with van der Waals surface area (Å²) < 4.78 is 0. The van der Waals surface area contributed by atoms with Gasteiger partial charge in [-0.05, 0) is 123 Å². The van der Waals surface area contributed by atoms with E-state index in [1.165, 1.54) is 82.9 Å². The molecule has 6 aromatic carbocycles. The van der Waals surface area contributed by atoms with Crippen LogP contribution in [0.25, 0.3) is 55.4 Å². The van der Waals surface area contributed by atoms with Crippen LogP contribution in [0.4, 0.5) is 5.69 Å². The van der Waals surface area contributed by atoms with Gasteiger partial charge in [-0.2, -0.15) is 0 Å². The quantitative estimate of drug-likeness (QED) is 0.165. The Kier molecular flexibility index (Phi) is 8.73. The topological polar surface area (TPSA) is 3.24 Å². The summed E-state index contributed by atoms with van der Waals surface area (Å²) in [5, 5.41) is 5.11. The predicted octanol–water partition coefficient (Wildman–Crippen LogP) is 13.5. The minimum Gasteiger partial charge on any atom is -0.360 e. The second kappa shape index (κ2) is 13.7. The summed E-state index contributed by atoms with van der Waals surface area (Å²) >= 11 is 0. The van der Waals surface area contributed by atoms with Gasteiger partial charge in [0, 0.05) is 18.2 Å². The molecule has 0 fully saturated rings. The Labute approximate surface area is 309 Å². The van der Waals surface area contributed by atoms with E-state index in [0.29, 0.717) is 0 Å². The highest BCUT2D eigenvalue weighted by atomic mass is 15.2. The van der Waals surface area contributed by atoms with Crippen molar-refractivity contribution in [3.8, 4) is 22.3 Å². The van der Waals surface area contributed by atoms with Crippen molar-refractivity contribution in [2.45, 2.75) is 33.7 Å². The Morgan fingerprint density at radius 3 is 1.98 bits per heavy atom. The Bertz CT molecular complexity index is 2460. The van der Waals surface area contributed by atoms with Crippen LogP contribution in [-0.2, 0) is 0 Å². The van der Waals surface area contributed by atoms with Gasteiger partial charge in [-0.3, -0.25) is 0 Å². The van der Waals surface area contributed by atoms with Crippen molar-refractivity contribution in [2.24, 2.45) is 5.92 Å². The average Bonchev–Trinajstić information content (AvgIpc) is 3.22. The number of allylic oxidation sites excluding steroid dienone is 5. The van der Waals surface area contributed by atoms with Gasteiger partial charge in [0.25, 0.3) is 0 Å². The van der Waals surface area contributed by atoms with E-state index in [2.05, 4.69) is 191 Å². The summed E-state index contributed by atoms with van der Waals surface area (Å²) in [6.45, 7) is 18.8. The van der Waals surface area contributed by atoms with E-state index in [-0.39, 0.29) is 12.0 Å². The molecule has 0 spiro atoms. The molecule has 6 aromatic rings. The van der Waals surface area contributed by atoms with Gasteiger partial charge < -0.3 is 4.90 Å². The highest BCUT2D eigenvalue weighted by Gasteiger charge is 2.36. The average molecular weight is 672 g/mol. The second-order valence-electron chi connectivity index (χ2n) is 14.3. The number of anilines is 1. The first kappa shape index (κ1) is 33.2. The normalized spacial score (nSPS) is 17.3. The van der Waals surface area contributed by atoms with Crippen molar-refractivity contribution < 1.29 is 0 Å². The Balaban J connectivity index is 1.33. The van der Waals surface area contributed by atoms with E-state index in [9.17, 15) is 0 Å². The summed E-state index contributed by atoms with van der Waals surface area (Å²) in [5.41, 5.74) is 16.0. The molecule has 1 heterocycles. The lowest BCUT2D eigenvalue weighted by Gasteiger charge is -2.41. The maximum Gasteiger partial charge on any atom is 0.0589 e. The van der Waals surface area contributed by atoms with Crippen LogP contribution in [0, 0.1) is 19.8 Å². The van der Waals surface area contributed by atoms with E-state index < -0.39 is 0 Å². The third-order valence-corrected chi connectivity index (χ3v) is 11.0. The molecule has 2 atom stereocenters. The third kappa shape index (κ3) is 5.58. The molecule has 0 aromatic heterocycles. The molecule has 2 unspecified atom stereocenters. The third-order valence-electron chi connectivity index (χ3n) is 11.0. The number of aryl methyl sites for hydroxylation is 2. The van der Waals surface area contributed by atoms with E-state index in [4.69, 9.17) is 6.58 Å². The summed E-state index contributed by atoms with van der Waals surface area (Å²) in [6, 6.07) is 42.3. The van der Waals surface area contributed by atoms with E-state index in [1.54, 1.807) is 0 Å². The Morgan fingerprint density at radius 2 is 1.33 bits per heavy atom. The molecular formula is C51H45N. The van der Waals surface area contributed by atoms with Crippen LogP contribution < -0.4 is 4.90 Å². The second-order valence-corrected chi connectivity index (χ2v) is 14.3. The van der Waals surface area contributed by atoms with Crippen LogP contribution >= 0.6 is 0 Å². The number of rotatable bonds is 5. The lowest BCUT2D eigenvalue weighted by Crippen LogP contribution is -2.42. The maximum atomic E-state index is 4.83. The van der Waals surface area contributed by atoms with Gasteiger partial charge >= 0.3 is 0 Å². The summed E-state index contributed by atoms with van der Waals surface area (Å²) in [6.07, 6.45) is 13.7. The van der Waals surface area contributed by atoms with Crippen molar-refractivity contribution in [3.63, 3.8) is 0 Å². The largest absolute Gasteiger partial charge is 0.360 e. The molecule has 1 aliphatic carbocycles. The lowest BCUT2D eigenvalue weighted by molar-refractivity contribution is 0.616. The van der Waals surface area contributed by atoms with Crippen LogP contribution in [0.1, 0.15) is 36.1 Å². The molecule has 1 aliphatic heterocycles. The molecule has 52 heavy (non-hydrogen) atoms. The van der Waals surface area contributed by atoms with Gasteiger partial charge in [-0.25, -0.2) is 0 Å². The molecule has 1 heteroatoms. The number of fused-ring (bicyclic) bond motifs is 4. The zero-order chi connectivity index (χ0) is 35.9. The lowest BCUT2D eigenvalue weighted by atomic mass is 9.74. The number of benzene rings is 6. The summed E-state index contributed by atoms with van der Waals surface area (Å²) in [4.78, 5) is 2.59. The monoisotopic (exact) mass is 671 g/mol. The van der Waals surface area contributed by atoms with Crippen molar-refractivity contribution in [1.29, 1.82) is 0 Å². The Morgan fingerprint density at radius 1 is 0.712 bits per heavy atom. The smallest absolute Gasteiger partial charge is 0.0589 e. The molecule has 0 amide bonds. The zero-order valence-corrected chi connectivity index (χ0v) is 30.7. The van der Waals surface area contributed by atoms with Gasteiger partial charge in [-0.15, -0.1) is 0 Å². The van der Waals surface area contributed by atoms with Gasteiger partial charge in [0.15, 0.2) is 0 Å². The van der Waals surface area contributed by atoms with E-state index in [0.717, 1.165) is 17.7 Å². The molecule has 0 N–H and O–H groups in total. The first-order valence-electron chi connectivity index (χ1n) is 18.4. The predicted molar refractivity (Wildman–Crippen MR) is 227 cm³/mol. The molecular weight excluding hydrogens is 627 g/mol. The maximum absolute atomic E-state index is 4.83. The molecule has 0 radical (unpaired) electrons.